The molecular formula is C28H32N6O4. The number of nitrogens with zero attached hydrogens (tertiary/aromatic N) is 4. The van der Waals surface area contributed by atoms with E-state index >= 15 is 0 Å². The van der Waals surface area contributed by atoms with Crippen LogP contribution in [0.3, 0.4) is 0 Å². The smallest absolute Gasteiger partial charge is 0.319 e. The lowest BCUT2D eigenvalue weighted by Gasteiger charge is -2.34. The number of rotatable bonds is 6. The Labute approximate surface area is 221 Å². The maximum Gasteiger partial charge on any atom is 0.319 e. The summed E-state index contributed by atoms with van der Waals surface area (Å²) < 4.78 is 5.55. The number of nitrogens with one attached hydrogen (secondary N) is 2. The van der Waals surface area contributed by atoms with Crippen LogP contribution in [0.25, 0.3) is 11.4 Å². The molecule has 3 amide bonds. The summed E-state index contributed by atoms with van der Waals surface area (Å²) in [7, 11) is 0. The number of aliphatic hydroxyl groups is 1. The van der Waals surface area contributed by atoms with E-state index in [1.165, 1.54) is 0 Å². The second-order valence-electron chi connectivity index (χ2n) is 9.28. The van der Waals surface area contributed by atoms with E-state index < -0.39 is 6.10 Å². The van der Waals surface area contributed by atoms with Gasteiger partial charge in [0, 0.05) is 43.0 Å². The standard InChI is InChI=1S/C28H32N6O4/c1-2-29-28(37)30-21-10-8-20(9-11-21)25-31-23-18-34(27(36)24(35)19-6-4-3-5-7-19)13-12-22(23)26(32-25)33-14-16-38-17-15-33/h3-11,24,35H,2,12-18H2,1H3,(H2,29,30,37). The van der Waals surface area contributed by atoms with Crippen LogP contribution in [0.2, 0.25) is 0 Å². The van der Waals surface area contributed by atoms with Crippen molar-refractivity contribution in [3.8, 4) is 11.4 Å². The number of aliphatic hydroxyl groups excluding tert-OH is 1. The van der Waals surface area contributed by atoms with Gasteiger partial charge in [0.05, 0.1) is 25.5 Å². The van der Waals surface area contributed by atoms with E-state index in [9.17, 15) is 14.7 Å². The van der Waals surface area contributed by atoms with Gasteiger partial charge in [0.25, 0.3) is 5.91 Å². The predicted molar refractivity (Wildman–Crippen MR) is 144 cm³/mol. The monoisotopic (exact) mass is 516 g/mol. The lowest BCUT2D eigenvalue weighted by atomic mass is 10.0. The minimum atomic E-state index is -1.22. The van der Waals surface area contributed by atoms with Crippen molar-refractivity contribution in [3.63, 3.8) is 0 Å². The maximum atomic E-state index is 13.2. The van der Waals surface area contributed by atoms with E-state index in [1.807, 2.05) is 49.4 Å². The summed E-state index contributed by atoms with van der Waals surface area (Å²) in [5, 5.41) is 16.2. The molecule has 1 saturated heterocycles. The molecular weight excluding hydrogens is 484 g/mol. The highest BCUT2D eigenvalue weighted by molar-refractivity contribution is 5.89. The summed E-state index contributed by atoms with van der Waals surface area (Å²) in [6.07, 6.45) is -0.618. The number of ether oxygens (including phenoxy) is 1. The second kappa shape index (κ2) is 11.6. The van der Waals surface area contributed by atoms with Crippen LogP contribution in [0.1, 0.15) is 29.8 Å². The number of hydrogen-bond donors (Lipinski definition) is 3. The number of anilines is 2. The molecule has 3 aromatic rings. The van der Waals surface area contributed by atoms with Gasteiger partial charge in [-0.2, -0.15) is 0 Å². The Morgan fingerprint density at radius 1 is 1.03 bits per heavy atom. The molecule has 198 valence electrons. The van der Waals surface area contributed by atoms with Gasteiger partial charge in [-0.15, -0.1) is 0 Å². The molecule has 10 nitrogen and oxygen atoms in total. The molecule has 0 spiro atoms. The molecule has 1 unspecified atom stereocenters. The van der Waals surface area contributed by atoms with E-state index in [2.05, 4.69) is 15.5 Å². The SMILES string of the molecule is CCNC(=O)Nc1ccc(-c2nc3c(c(N4CCOCC4)n2)CCN(C(=O)C(O)c2ccccc2)C3)cc1. The zero-order chi connectivity index (χ0) is 26.5. The zero-order valence-electron chi connectivity index (χ0n) is 21.4. The number of carbonyl (C=O) groups excluding carboxylic acids is 2. The third kappa shape index (κ3) is 5.61. The summed E-state index contributed by atoms with van der Waals surface area (Å²) >= 11 is 0. The number of benzene rings is 2. The molecule has 1 atom stereocenters. The number of aromatic nitrogens is 2. The van der Waals surface area contributed by atoms with Crippen LogP contribution in [0.5, 0.6) is 0 Å². The highest BCUT2D eigenvalue weighted by Crippen LogP contribution is 2.31. The maximum absolute atomic E-state index is 13.2. The van der Waals surface area contributed by atoms with Crippen molar-refractivity contribution in [3.05, 3.63) is 71.4 Å². The molecule has 3 heterocycles. The molecule has 10 heteroatoms. The summed E-state index contributed by atoms with van der Waals surface area (Å²) in [6, 6.07) is 16.1. The first-order valence-corrected chi connectivity index (χ1v) is 12.9. The Morgan fingerprint density at radius 3 is 2.47 bits per heavy atom. The summed E-state index contributed by atoms with van der Waals surface area (Å²) in [4.78, 5) is 38.8. The molecule has 38 heavy (non-hydrogen) atoms. The number of carbonyl (C=O) groups is 2. The van der Waals surface area contributed by atoms with Crippen LogP contribution in [0.15, 0.2) is 54.6 Å². The lowest BCUT2D eigenvalue weighted by Crippen LogP contribution is -2.42. The number of urea groups is 1. The Morgan fingerprint density at radius 2 is 1.76 bits per heavy atom. The Balaban J connectivity index is 1.44. The first kappa shape index (κ1) is 25.6. The molecule has 2 aliphatic rings. The highest BCUT2D eigenvalue weighted by atomic mass is 16.5. The van der Waals surface area contributed by atoms with Gasteiger partial charge in [-0.05, 0) is 43.2 Å². The largest absolute Gasteiger partial charge is 0.378 e. The van der Waals surface area contributed by atoms with E-state index in [0.717, 1.165) is 35.7 Å². The van der Waals surface area contributed by atoms with E-state index in [1.54, 1.807) is 17.0 Å². The van der Waals surface area contributed by atoms with Crippen molar-refractivity contribution in [2.45, 2.75) is 26.0 Å². The minimum Gasteiger partial charge on any atom is -0.378 e. The average molecular weight is 517 g/mol. The van der Waals surface area contributed by atoms with Crippen molar-refractivity contribution < 1.29 is 19.4 Å². The van der Waals surface area contributed by atoms with Gasteiger partial charge in [-0.25, -0.2) is 14.8 Å². The van der Waals surface area contributed by atoms with Crippen molar-refractivity contribution in [1.82, 2.24) is 20.2 Å². The van der Waals surface area contributed by atoms with E-state index in [-0.39, 0.29) is 11.9 Å². The fourth-order valence-electron chi connectivity index (χ4n) is 4.75. The van der Waals surface area contributed by atoms with Gasteiger partial charge in [0.1, 0.15) is 5.82 Å². The Kier molecular flexibility index (Phi) is 7.81. The van der Waals surface area contributed by atoms with Gasteiger partial charge in [-0.1, -0.05) is 30.3 Å². The molecule has 2 aliphatic heterocycles. The predicted octanol–water partition coefficient (Wildman–Crippen LogP) is 2.74. The van der Waals surface area contributed by atoms with Gasteiger partial charge in [-0.3, -0.25) is 4.79 Å². The number of morpholine rings is 1. The third-order valence-corrected chi connectivity index (χ3v) is 6.75. The fourth-order valence-corrected chi connectivity index (χ4v) is 4.75. The van der Waals surface area contributed by atoms with E-state index in [0.29, 0.717) is 56.3 Å². The number of hydrogen-bond acceptors (Lipinski definition) is 7. The third-order valence-electron chi connectivity index (χ3n) is 6.75. The fraction of sp³-hybridized carbons (Fsp3) is 0.357. The molecule has 5 rings (SSSR count). The Bertz CT molecular complexity index is 1280. The molecule has 0 saturated carbocycles. The molecule has 1 aromatic heterocycles. The van der Waals surface area contributed by atoms with Crippen LogP contribution >= 0.6 is 0 Å². The normalized spacial score (nSPS) is 15.9. The molecule has 3 N–H and O–H groups in total. The minimum absolute atomic E-state index is 0.262. The second-order valence-corrected chi connectivity index (χ2v) is 9.28. The molecule has 0 aliphatic carbocycles. The van der Waals surface area contributed by atoms with Crippen molar-refractivity contribution >= 4 is 23.4 Å². The molecule has 2 aromatic carbocycles. The molecule has 0 radical (unpaired) electrons. The van der Waals surface area contributed by atoms with Crippen LogP contribution in [0, 0.1) is 0 Å². The van der Waals surface area contributed by atoms with Crippen LogP contribution < -0.4 is 15.5 Å². The van der Waals surface area contributed by atoms with Gasteiger partial charge >= 0.3 is 6.03 Å². The molecule has 0 bridgehead atoms. The number of fused-ring (bicyclic) bond motifs is 1. The quantitative estimate of drug-likeness (QED) is 0.461. The van der Waals surface area contributed by atoms with Crippen molar-refractivity contribution in [1.29, 1.82) is 0 Å². The summed E-state index contributed by atoms with van der Waals surface area (Å²) in [5.41, 5.74) is 3.85. The average Bonchev–Trinajstić information content (AvgIpc) is 2.97. The topological polar surface area (TPSA) is 120 Å². The molecule has 1 fully saturated rings. The Hall–Kier alpha value is -4.02. The first-order chi connectivity index (χ1) is 18.5. The van der Waals surface area contributed by atoms with Crippen molar-refractivity contribution in [2.24, 2.45) is 0 Å². The zero-order valence-corrected chi connectivity index (χ0v) is 21.4. The summed E-state index contributed by atoms with van der Waals surface area (Å²) in [5.74, 6) is 1.08. The van der Waals surface area contributed by atoms with Crippen LogP contribution in [-0.2, 0) is 22.5 Å². The van der Waals surface area contributed by atoms with Crippen LogP contribution in [-0.4, -0.2) is 71.3 Å². The summed E-state index contributed by atoms with van der Waals surface area (Å²) in [6.45, 7) is 5.89. The lowest BCUT2D eigenvalue weighted by molar-refractivity contribution is -0.141. The van der Waals surface area contributed by atoms with Crippen molar-refractivity contribution in [2.75, 3.05) is 49.6 Å². The van der Waals surface area contributed by atoms with Gasteiger partial charge in [0.15, 0.2) is 11.9 Å². The van der Waals surface area contributed by atoms with Gasteiger partial charge in [0.2, 0.25) is 0 Å². The highest BCUT2D eigenvalue weighted by Gasteiger charge is 2.31. The van der Waals surface area contributed by atoms with E-state index in [4.69, 9.17) is 14.7 Å². The van der Waals surface area contributed by atoms with Crippen LogP contribution in [0.4, 0.5) is 16.3 Å². The number of amides is 3. The first-order valence-electron chi connectivity index (χ1n) is 12.9. The van der Waals surface area contributed by atoms with Gasteiger partial charge < -0.3 is 30.3 Å².